The highest BCUT2D eigenvalue weighted by atomic mass is 19.1. The second kappa shape index (κ2) is 5.47. The Morgan fingerprint density at radius 3 is 2.84 bits per heavy atom. The Hall–Kier alpha value is -1.13. The van der Waals surface area contributed by atoms with Crippen molar-refractivity contribution in [3.63, 3.8) is 0 Å². The van der Waals surface area contributed by atoms with Crippen LogP contribution >= 0.6 is 0 Å². The van der Waals surface area contributed by atoms with E-state index < -0.39 is 5.60 Å². The molecule has 0 saturated carbocycles. The molecule has 3 nitrogen and oxygen atoms in total. The lowest BCUT2D eigenvalue weighted by Gasteiger charge is -2.39. The first kappa shape index (κ1) is 14.3. The van der Waals surface area contributed by atoms with E-state index in [1.807, 2.05) is 0 Å². The molecule has 2 rings (SSSR count). The lowest BCUT2D eigenvalue weighted by molar-refractivity contribution is -0.122. The molecule has 0 aliphatic carbocycles. The van der Waals surface area contributed by atoms with Crippen LogP contribution in [0.5, 0.6) is 5.75 Å². The van der Waals surface area contributed by atoms with Gasteiger partial charge in [-0.25, -0.2) is 4.39 Å². The van der Waals surface area contributed by atoms with Crippen molar-refractivity contribution in [1.82, 2.24) is 0 Å². The van der Waals surface area contributed by atoms with Gasteiger partial charge in [-0.1, -0.05) is 13.8 Å². The normalized spacial score (nSPS) is 27.6. The van der Waals surface area contributed by atoms with Crippen LogP contribution in [0.1, 0.15) is 32.3 Å². The lowest BCUT2D eigenvalue weighted by Crippen LogP contribution is -2.41. The van der Waals surface area contributed by atoms with E-state index in [0.29, 0.717) is 36.7 Å². The average molecular weight is 268 g/mol. The van der Waals surface area contributed by atoms with Crippen LogP contribution in [0.4, 0.5) is 4.39 Å². The van der Waals surface area contributed by atoms with Gasteiger partial charge in [-0.2, -0.15) is 0 Å². The van der Waals surface area contributed by atoms with Gasteiger partial charge in [-0.3, -0.25) is 0 Å². The number of ether oxygens (including phenoxy) is 2. The summed E-state index contributed by atoms with van der Waals surface area (Å²) in [5.41, 5.74) is -0.565. The Morgan fingerprint density at radius 2 is 2.21 bits per heavy atom. The van der Waals surface area contributed by atoms with E-state index in [-0.39, 0.29) is 11.9 Å². The quantitative estimate of drug-likeness (QED) is 0.916. The molecule has 1 fully saturated rings. The van der Waals surface area contributed by atoms with Crippen molar-refractivity contribution in [1.29, 1.82) is 0 Å². The summed E-state index contributed by atoms with van der Waals surface area (Å²) >= 11 is 0. The summed E-state index contributed by atoms with van der Waals surface area (Å²) in [6.45, 7) is 4.58. The fourth-order valence-electron chi connectivity index (χ4n) is 2.59. The van der Waals surface area contributed by atoms with Crippen LogP contribution in [0, 0.1) is 11.7 Å². The molecule has 0 bridgehead atoms. The molecular weight excluding hydrogens is 247 g/mol. The van der Waals surface area contributed by atoms with Gasteiger partial charge in [0, 0.05) is 18.4 Å². The molecule has 1 aromatic carbocycles. The highest BCUT2D eigenvalue weighted by molar-refractivity contribution is 5.39. The number of benzene rings is 1. The van der Waals surface area contributed by atoms with E-state index in [4.69, 9.17) is 9.47 Å². The third kappa shape index (κ3) is 2.90. The molecule has 1 N–H and O–H groups in total. The van der Waals surface area contributed by atoms with E-state index in [9.17, 15) is 9.50 Å². The summed E-state index contributed by atoms with van der Waals surface area (Å²) in [5.74, 6) is 0.469. The van der Waals surface area contributed by atoms with Crippen molar-refractivity contribution in [3.05, 3.63) is 29.6 Å². The van der Waals surface area contributed by atoms with Crippen LogP contribution in [-0.4, -0.2) is 24.9 Å². The molecule has 1 heterocycles. The third-order valence-corrected chi connectivity index (χ3v) is 3.79. The Kier molecular flexibility index (Phi) is 4.11. The summed E-state index contributed by atoms with van der Waals surface area (Å²) in [6, 6.07) is 4.26. The minimum Gasteiger partial charge on any atom is -0.496 e. The monoisotopic (exact) mass is 268 g/mol. The number of halogens is 1. The van der Waals surface area contributed by atoms with Gasteiger partial charge in [0.1, 0.15) is 11.6 Å². The summed E-state index contributed by atoms with van der Waals surface area (Å²) < 4.78 is 24.4. The van der Waals surface area contributed by atoms with Crippen LogP contribution < -0.4 is 4.74 Å². The zero-order valence-electron chi connectivity index (χ0n) is 11.6. The number of methoxy groups -OCH3 is 1. The van der Waals surface area contributed by atoms with Crippen LogP contribution in [-0.2, 0) is 10.3 Å². The molecule has 1 aromatic rings. The van der Waals surface area contributed by atoms with Gasteiger partial charge in [0.15, 0.2) is 0 Å². The Bertz CT molecular complexity index is 447. The zero-order valence-corrected chi connectivity index (χ0v) is 11.6. The molecule has 4 heteroatoms. The molecule has 1 saturated heterocycles. The maximum atomic E-state index is 13.5. The van der Waals surface area contributed by atoms with Gasteiger partial charge in [0.25, 0.3) is 0 Å². The Morgan fingerprint density at radius 1 is 1.47 bits per heavy atom. The maximum Gasteiger partial charge on any atom is 0.125 e. The van der Waals surface area contributed by atoms with Crippen molar-refractivity contribution < 1.29 is 19.0 Å². The van der Waals surface area contributed by atoms with Gasteiger partial charge in [0.2, 0.25) is 0 Å². The van der Waals surface area contributed by atoms with Crippen molar-refractivity contribution in [3.8, 4) is 5.75 Å². The first-order chi connectivity index (χ1) is 8.96. The number of hydrogen-bond acceptors (Lipinski definition) is 3. The number of hydrogen-bond donors (Lipinski definition) is 1. The topological polar surface area (TPSA) is 38.7 Å². The summed E-state index contributed by atoms with van der Waals surface area (Å²) in [6.07, 6.45) is 0.896. The molecule has 2 unspecified atom stereocenters. The predicted molar refractivity (Wildman–Crippen MR) is 70.7 cm³/mol. The fraction of sp³-hybridized carbons (Fsp3) is 0.600. The average Bonchev–Trinajstić information content (AvgIpc) is 2.38. The molecule has 0 radical (unpaired) electrons. The van der Waals surface area contributed by atoms with E-state index in [1.165, 1.54) is 19.2 Å². The smallest absolute Gasteiger partial charge is 0.125 e. The van der Waals surface area contributed by atoms with E-state index in [0.717, 1.165) is 0 Å². The molecule has 0 amide bonds. The molecule has 1 aliphatic heterocycles. The molecule has 106 valence electrons. The van der Waals surface area contributed by atoms with Crippen LogP contribution in [0.25, 0.3) is 0 Å². The highest BCUT2D eigenvalue weighted by Gasteiger charge is 2.39. The van der Waals surface area contributed by atoms with Crippen molar-refractivity contribution in [2.45, 2.75) is 38.4 Å². The predicted octanol–water partition coefficient (Wildman–Crippen LogP) is 2.86. The second-order valence-electron chi connectivity index (χ2n) is 5.48. The van der Waals surface area contributed by atoms with Crippen LogP contribution in [0.2, 0.25) is 0 Å². The summed E-state index contributed by atoms with van der Waals surface area (Å²) in [5, 5.41) is 10.9. The number of aliphatic hydroxyl groups is 1. The van der Waals surface area contributed by atoms with Gasteiger partial charge >= 0.3 is 0 Å². The first-order valence-electron chi connectivity index (χ1n) is 6.64. The van der Waals surface area contributed by atoms with Gasteiger partial charge in [0.05, 0.1) is 25.4 Å². The molecule has 1 aliphatic rings. The van der Waals surface area contributed by atoms with Crippen molar-refractivity contribution in [2.24, 2.45) is 5.92 Å². The SMILES string of the molecule is COc1ccc(F)cc1C1(O)CCOC(C(C)C)C1. The standard InChI is InChI=1S/C15H21FO3/c1-10(2)14-9-15(17,6-7-19-14)12-8-11(16)4-5-13(12)18-3/h4-5,8,10,14,17H,6-7,9H2,1-3H3. The molecule has 19 heavy (non-hydrogen) atoms. The molecule has 2 atom stereocenters. The minimum atomic E-state index is -1.08. The largest absolute Gasteiger partial charge is 0.496 e. The second-order valence-corrected chi connectivity index (χ2v) is 5.48. The van der Waals surface area contributed by atoms with Gasteiger partial charge < -0.3 is 14.6 Å². The van der Waals surface area contributed by atoms with Crippen molar-refractivity contribution in [2.75, 3.05) is 13.7 Å². The van der Waals surface area contributed by atoms with E-state index in [2.05, 4.69) is 13.8 Å². The van der Waals surface area contributed by atoms with Crippen LogP contribution in [0.3, 0.4) is 0 Å². The highest BCUT2D eigenvalue weighted by Crippen LogP contribution is 2.41. The maximum absolute atomic E-state index is 13.5. The molecule has 0 spiro atoms. The molecule has 0 aromatic heterocycles. The Labute approximate surface area is 113 Å². The third-order valence-electron chi connectivity index (χ3n) is 3.79. The fourth-order valence-corrected chi connectivity index (χ4v) is 2.59. The summed E-state index contributed by atoms with van der Waals surface area (Å²) in [4.78, 5) is 0. The van der Waals surface area contributed by atoms with E-state index in [1.54, 1.807) is 6.07 Å². The minimum absolute atomic E-state index is 0.0216. The van der Waals surface area contributed by atoms with Gasteiger partial charge in [-0.15, -0.1) is 0 Å². The lowest BCUT2D eigenvalue weighted by atomic mass is 9.80. The van der Waals surface area contributed by atoms with E-state index >= 15 is 0 Å². The number of rotatable bonds is 3. The van der Waals surface area contributed by atoms with Crippen LogP contribution in [0.15, 0.2) is 18.2 Å². The summed E-state index contributed by atoms with van der Waals surface area (Å²) in [7, 11) is 1.53. The zero-order chi connectivity index (χ0) is 14.0. The molecular formula is C15H21FO3. The first-order valence-corrected chi connectivity index (χ1v) is 6.64. The van der Waals surface area contributed by atoms with Gasteiger partial charge in [-0.05, 0) is 24.1 Å². The van der Waals surface area contributed by atoms with Crippen molar-refractivity contribution >= 4 is 0 Å². The Balaban J connectivity index is 2.35.